The zero-order valence-corrected chi connectivity index (χ0v) is 14.5. The molecule has 0 aromatic heterocycles. The predicted molar refractivity (Wildman–Crippen MR) is 93.4 cm³/mol. The highest BCUT2D eigenvalue weighted by atomic mass is 32.2. The standard InChI is InChI=1S/C16H11NO7S2/c18-25(19,20)14-6-5-12-15(16(14)26(21,22)23)17-11-7-9-3-1-2-4-10(9)8-13(11)24-12/h1-8,17H,(H,18,19,20)(H,21,22,23). The van der Waals surface area contributed by atoms with E-state index in [1.54, 1.807) is 12.1 Å². The van der Waals surface area contributed by atoms with Gasteiger partial charge in [-0.15, -0.1) is 0 Å². The summed E-state index contributed by atoms with van der Waals surface area (Å²) in [6.45, 7) is 0. The minimum absolute atomic E-state index is 0.00666. The molecule has 0 spiro atoms. The van der Waals surface area contributed by atoms with Gasteiger partial charge in [0, 0.05) is 0 Å². The maximum atomic E-state index is 11.8. The number of rotatable bonds is 2. The van der Waals surface area contributed by atoms with Gasteiger partial charge in [0.05, 0.1) is 5.69 Å². The molecule has 1 aliphatic rings. The Bertz CT molecular complexity index is 1280. The van der Waals surface area contributed by atoms with Crippen molar-refractivity contribution < 1.29 is 30.7 Å². The molecule has 0 saturated carbocycles. The second-order valence-corrected chi connectivity index (χ2v) is 8.39. The topological polar surface area (TPSA) is 130 Å². The molecular formula is C16H11NO7S2. The van der Waals surface area contributed by atoms with Crippen LogP contribution in [0.1, 0.15) is 0 Å². The number of nitrogens with one attached hydrogen (secondary N) is 1. The van der Waals surface area contributed by atoms with Gasteiger partial charge in [-0.3, -0.25) is 9.11 Å². The van der Waals surface area contributed by atoms with Crippen molar-refractivity contribution in [3.63, 3.8) is 0 Å². The van der Waals surface area contributed by atoms with Gasteiger partial charge >= 0.3 is 0 Å². The van der Waals surface area contributed by atoms with E-state index < -0.39 is 30.0 Å². The van der Waals surface area contributed by atoms with Crippen LogP contribution in [0, 0.1) is 0 Å². The van der Waals surface area contributed by atoms with Gasteiger partial charge < -0.3 is 10.1 Å². The monoisotopic (exact) mass is 393 g/mol. The Morgan fingerprint density at radius 3 is 2.08 bits per heavy atom. The Balaban J connectivity index is 1.99. The van der Waals surface area contributed by atoms with Crippen molar-refractivity contribution in [1.29, 1.82) is 0 Å². The third kappa shape index (κ3) is 2.69. The van der Waals surface area contributed by atoms with Crippen molar-refractivity contribution >= 4 is 42.4 Å². The third-order valence-corrected chi connectivity index (χ3v) is 5.91. The fourth-order valence-electron chi connectivity index (χ4n) is 2.86. The molecule has 0 unspecified atom stereocenters. The number of benzene rings is 3. The van der Waals surface area contributed by atoms with Crippen molar-refractivity contribution in [2.24, 2.45) is 0 Å². The lowest BCUT2D eigenvalue weighted by Crippen LogP contribution is -2.14. The van der Waals surface area contributed by atoms with Crippen molar-refractivity contribution in [2.45, 2.75) is 9.79 Å². The zero-order chi connectivity index (χ0) is 18.7. The van der Waals surface area contributed by atoms with Crippen molar-refractivity contribution in [3.05, 3.63) is 48.5 Å². The van der Waals surface area contributed by atoms with Crippen molar-refractivity contribution in [2.75, 3.05) is 5.32 Å². The van der Waals surface area contributed by atoms with Crippen LogP contribution in [0.3, 0.4) is 0 Å². The normalized spacial score (nSPS) is 13.5. The minimum atomic E-state index is -4.98. The Kier molecular flexibility index (Phi) is 3.50. The molecule has 8 nitrogen and oxygen atoms in total. The molecule has 0 aliphatic carbocycles. The SMILES string of the molecule is O=S(=O)(O)c1ccc2c(c1S(=O)(=O)O)Nc1cc3ccccc3cc1O2. The molecule has 3 aromatic rings. The molecule has 0 saturated heterocycles. The van der Waals surface area contributed by atoms with Crippen LogP contribution in [0.5, 0.6) is 11.5 Å². The van der Waals surface area contributed by atoms with Crippen LogP contribution in [-0.2, 0) is 20.2 Å². The second kappa shape index (κ2) is 5.42. The average Bonchev–Trinajstić information content (AvgIpc) is 2.55. The van der Waals surface area contributed by atoms with Gasteiger partial charge in [-0.25, -0.2) is 0 Å². The highest BCUT2D eigenvalue weighted by Crippen LogP contribution is 2.47. The molecule has 3 aromatic carbocycles. The maximum absolute atomic E-state index is 11.8. The maximum Gasteiger partial charge on any atom is 0.298 e. The molecule has 10 heteroatoms. The van der Waals surface area contributed by atoms with Gasteiger partial charge in [-0.2, -0.15) is 16.8 Å². The summed E-state index contributed by atoms with van der Waals surface area (Å²) in [6, 6.07) is 12.9. The van der Waals surface area contributed by atoms with Gasteiger partial charge in [0.25, 0.3) is 20.2 Å². The van der Waals surface area contributed by atoms with Crippen molar-refractivity contribution in [1.82, 2.24) is 0 Å². The van der Waals surface area contributed by atoms with E-state index in [1.807, 2.05) is 24.3 Å². The zero-order valence-electron chi connectivity index (χ0n) is 12.9. The van der Waals surface area contributed by atoms with Crippen LogP contribution in [0.2, 0.25) is 0 Å². The van der Waals surface area contributed by atoms with Crippen LogP contribution < -0.4 is 10.1 Å². The first kappa shape index (κ1) is 16.8. The fraction of sp³-hybridized carbons (Fsp3) is 0. The Hall–Kier alpha value is -2.66. The highest BCUT2D eigenvalue weighted by molar-refractivity contribution is 7.89. The summed E-state index contributed by atoms with van der Waals surface area (Å²) in [5.41, 5.74) is 0.110. The Morgan fingerprint density at radius 2 is 1.46 bits per heavy atom. The summed E-state index contributed by atoms with van der Waals surface area (Å²) < 4.78 is 71.1. The molecular weight excluding hydrogens is 382 g/mol. The minimum Gasteiger partial charge on any atom is -0.453 e. The largest absolute Gasteiger partial charge is 0.453 e. The Morgan fingerprint density at radius 1 is 0.808 bits per heavy atom. The fourth-order valence-corrected chi connectivity index (χ4v) is 4.80. The van der Waals surface area contributed by atoms with Gasteiger partial charge in [0.1, 0.15) is 15.5 Å². The number of anilines is 2. The van der Waals surface area contributed by atoms with Crippen LogP contribution in [-0.4, -0.2) is 25.9 Å². The molecule has 134 valence electrons. The van der Waals surface area contributed by atoms with Gasteiger partial charge in [-0.05, 0) is 35.0 Å². The van der Waals surface area contributed by atoms with E-state index in [0.717, 1.165) is 16.8 Å². The molecule has 0 radical (unpaired) electrons. The summed E-state index contributed by atoms with van der Waals surface area (Å²) in [4.78, 5) is -1.92. The van der Waals surface area contributed by atoms with E-state index in [9.17, 15) is 25.9 Å². The molecule has 1 aliphatic heterocycles. The number of hydrogen-bond donors (Lipinski definition) is 3. The van der Waals surface area contributed by atoms with Crippen LogP contribution in [0.25, 0.3) is 10.8 Å². The third-order valence-electron chi connectivity index (χ3n) is 3.95. The lowest BCUT2D eigenvalue weighted by molar-refractivity contribution is 0.459. The molecule has 0 atom stereocenters. The summed E-state index contributed by atoms with van der Waals surface area (Å²) in [5.74, 6) is 0.393. The van der Waals surface area contributed by atoms with Crippen LogP contribution in [0.15, 0.2) is 58.3 Å². The lowest BCUT2D eigenvalue weighted by atomic mass is 10.1. The summed E-state index contributed by atoms with van der Waals surface area (Å²) >= 11 is 0. The number of fused-ring (bicyclic) bond motifs is 3. The van der Waals surface area contributed by atoms with E-state index in [0.29, 0.717) is 11.4 Å². The van der Waals surface area contributed by atoms with Crippen LogP contribution in [0.4, 0.5) is 11.4 Å². The molecule has 0 bridgehead atoms. The highest BCUT2D eigenvalue weighted by Gasteiger charge is 2.32. The molecule has 26 heavy (non-hydrogen) atoms. The number of hydrogen-bond acceptors (Lipinski definition) is 6. The van der Waals surface area contributed by atoms with E-state index in [4.69, 9.17) is 4.74 Å². The van der Waals surface area contributed by atoms with E-state index >= 15 is 0 Å². The summed E-state index contributed by atoms with van der Waals surface area (Å²) in [5, 5.41) is 4.51. The van der Waals surface area contributed by atoms with Crippen molar-refractivity contribution in [3.8, 4) is 11.5 Å². The van der Waals surface area contributed by atoms with Gasteiger partial charge in [0.2, 0.25) is 0 Å². The lowest BCUT2D eigenvalue weighted by Gasteiger charge is -2.24. The molecule has 0 amide bonds. The first-order valence-electron chi connectivity index (χ1n) is 7.24. The first-order chi connectivity index (χ1) is 12.1. The molecule has 1 heterocycles. The molecule has 0 fully saturated rings. The van der Waals surface area contributed by atoms with E-state index in [1.165, 1.54) is 6.07 Å². The number of ether oxygens (including phenoxy) is 1. The van der Waals surface area contributed by atoms with Gasteiger partial charge in [-0.1, -0.05) is 24.3 Å². The van der Waals surface area contributed by atoms with E-state index in [-0.39, 0.29) is 11.4 Å². The van der Waals surface area contributed by atoms with Crippen LogP contribution >= 0.6 is 0 Å². The predicted octanol–water partition coefficient (Wildman–Crippen LogP) is 3.18. The average molecular weight is 393 g/mol. The Labute approximate surface area is 148 Å². The molecule has 4 rings (SSSR count). The quantitative estimate of drug-likeness (QED) is 0.443. The second-order valence-electron chi connectivity index (χ2n) is 5.64. The van der Waals surface area contributed by atoms with Gasteiger partial charge in [0.15, 0.2) is 11.5 Å². The molecule has 3 N–H and O–H groups in total. The smallest absolute Gasteiger partial charge is 0.298 e. The summed E-state index contributed by atoms with van der Waals surface area (Å²) in [7, 11) is -9.88. The summed E-state index contributed by atoms with van der Waals surface area (Å²) in [6.07, 6.45) is 0. The van der Waals surface area contributed by atoms with E-state index in [2.05, 4.69) is 5.32 Å². The first-order valence-corrected chi connectivity index (χ1v) is 10.1.